The van der Waals surface area contributed by atoms with Gasteiger partial charge in [0.05, 0.1) is 23.9 Å². The van der Waals surface area contributed by atoms with Gasteiger partial charge >= 0.3 is 5.97 Å². The highest BCUT2D eigenvalue weighted by atomic mass is 32.2. The van der Waals surface area contributed by atoms with Crippen molar-refractivity contribution in [2.45, 2.75) is 159 Å². The third-order valence-electron chi connectivity index (χ3n) is 16.2. The van der Waals surface area contributed by atoms with E-state index in [9.17, 15) is 44.1 Å². The zero-order valence-corrected chi connectivity index (χ0v) is 43.5. The molecule has 15 nitrogen and oxygen atoms in total. The standard InChI is InChI=1S/C56H74N4O11S/c1-8-10-12-32(3)72-44(29-48(65)66)52(69)57-24-22-47(64)58-33(4)50(67)59-34(5)51(68)60-40-14-11-13-37(27-40)25-36-15-17-38(18-16-36)53-70-46-28-42-41-20-19-39-26-35(9-2)21-23-54(39,6)49(41)43(62)30-55(42,7)56(46,71-53)45(63)31-61/h9,11,13-18,21,23,26-27,32-34,41-44,46,49,53,61-62H,8,10,12,19-20,22,24-25,28-31H2,1-7H3,(H,57,69)(H,58,64)(H,59,67)(H,60,68)(H,65,66)/b35-9+/t32?,33-,34-,41+,42+,43+,44?,46-,49-,53-,54+,55+,56-/m1/s1. The minimum Gasteiger partial charge on any atom is -0.481 e. The van der Waals surface area contributed by atoms with Crippen LogP contribution in [-0.2, 0) is 44.7 Å². The van der Waals surface area contributed by atoms with Crippen LogP contribution in [0.2, 0.25) is 0 Å². The fourth-order valence-electron chi connectivity index (χ4n) is 12.5. The Morgan fingerprint density at radius 1 is 0.958 bits per heavy atom. The highest BCUT2D eigenvalue weighted by molar-refractivity contribution is 8.01. The molecular weight excluding hydrogens is 937 g/mol. The number of nitrogens with one attached hydrogen (secondary N) is 4. The highest BCUT2D eigenvalue weighted by Crippen LogP contribution is 2.70. The Hall–Kier alpha value is -5.13. The molecule has 2 aromatic carbocycles. The summed E-state index contributed by atoms with van der Waals surface area (Å²) in [6, 6.07) is 13.2. The SMILES string of the molecule is C/C=C1\C=C[C@@]2(C)C(=C1)CC[C@@H]1[C@@H]2[C@@H](O)C[C@@]2(C)[C@H]1C[C@H]1O[C@@H](c3ccc(Cc4cccc(NC(=O)[C@@H](C)NC(=O)[C@@H](C)NC(=O)CCNC(=O)C(CC(=O)O)SC(C)CCCC)c4)cc3)O[C@]12C(=O)CO. The molecule has 2 unspecified atom stereocenters. The molecule has 16 heteroatoms. The second-order valence-electron chi connectivity index (χ2n) is 21.1. The van der Waals surface area contributed by atoms with E-state index >= 15 is 0 Å². The number of aliphatic carboxylic acids is 1. The summed E-state index contributed by atoms with van der Waals surface area (Å²) in [5.74, 6) is -3.29. The molecule has 4 fully saturated rings. The molecule has 4 amide bonds. The number of anilines is 1. The van der Waals surface area contributed by atoms with Crippen molar-refractivity contribution in [2.75, 3.05) is 18.5 Å². The molecule has 3 saturated carbocycles. The summed E-state index contributed by atoms with van der Waals surface area (Å²) in [6.45, 7) is 12.7. The number of unbranched alkanes of at least 4 members (excludes halogenated alkanes) is 1. The van der Waals surface area contributed by atoms with Crippen molar-refractivity contribution in [3.63, 3.8) is 0 Å². The van der Waals surface area contributed by atoms with Crippen LogP contribution in [0.25, 0.3) is 0 Å². The number of ether oxygens (including phenoxy) is 2. The second-order valence-corrected chi connectivity index (χ2v) is 22.7. The van der Waals surface area contributed by atoms with Crippen molar-refractivity contribution < 1.29 is 53.6 Å². The van der Waals surface area contributed by atoms with Gasteiger partial charge < -0.3 is 46.1 Å². The first-order valence-electron chi connectivity index (χ1n) is 25.7. The van der Waals surface area contributed by atoms with Crippen LogP contribution in [0.5, 0.6) is 0 Å². The summed E-state index contributed by atoms with van der Waals surface area (Å²) < 4.78 is 13.5. The summed E-state index contributed by atoms with van der Waals surface area (Å²) in [4.78, 5) is 77.1. The first kappa shape index (κ1) is 54.6. The first-order chi connectivity index (χ1) is 34.3. The van der Waals surface area contributed by atoms with Gasteiger partial charge in [-0.15, -0.1) is 11.8 Å². The molecule has 0 bridgehead atoms. The Labute approximate surface area is 427 Å². The smallest absolute Gasteiger partial charge is 0.305 e. The van der Waals surface area contributed by atoms with Crippen molar-refractivity contribution >= 4 is 52.8 Å². The Morgan fingerprint density at radius 3 is 2.39 bits per heavy atom. The molecule has 1 aliphatic heterocycles. The van der Waals surface area contributed by atoms with Gasteiger partial charge in [0.1, 0.15) is 18.7 Å². The predicted molar refractivity (Wildman–Crippen MR) is 275 cm³/mol. The number of hydrogen-bond acceptors (Lipinski definition) is 11. The molecule has 390 valence electrons. The van der Waals surface area contributed by atoms with E-state index in [2.05, 4.69) is 66.3 Å². The van der Waals surface area contributed by atoms with Crippen LogP contribution in [0.1, 0.15) is 129 Å². The van der Waals surface area contributed by atoms with E-state index in [4.69, 9.17) is 9.47 Å². The molecule has 7 N–H and O–H groups in total. The Morgan fingerprint density at radius 2 is 1.69 bits per heavy atom. The maximum Gasteiger partial charge on any atom is 0.305 e. The number of fused-ring (bicyclic) bond motifs is 7. The molecule has 2 aromatic rings. The van der Waals surface area contributed by atoms with Gasteiger partial charge in [0, 0.05) is 46.2 Å². The van der Waals surface area contributed by atoms with Gasteiger partial charge in [-0.3, -0.25) is 28.8 Å². The number of carboxylic acids is 1. The van der Waals surface area contributed by atoms with E-state index in [1.54, 1.807) is 6.07 Å². The molecule has 7 rings (SSSR count). The van der Waals surface area contributed by atoms with Crippen molar-refractivity contribution in [1.29, 1.82) is 0 Å². The fraction of sp³-hybridized carbons (Fsp3) is 0.571. The fourth-order valence-corrected chi connectivity index (χ4v) is 13.8. The largest absolute Gasteiger partial charge is 0.481 e. The number of carbonyl (C=O) groups excluding carboxylic acids is 5. The average Bonchev–Trinajstić information content (AvgIpc) is 3.85. The van der Waals surface area contributed by atoms with Crippen LogP contribution >= 0.6 is 11.8 Å². The van der Waals surface area contributed by atoms with Gasteiger partial charge in [-0.2, -0.15) is 0 Å². The molecule has 0 aromatic heterocycles. The summed E-state index contributed by atoms with van der Waals surface area (Å²) >= 11 is 1.31. The van der Waals surface area contributed by atoms with E-state index in [1.807, 2.05) is 56.3 Å². The molecule has 0 radical (unpaired) electrons. The second kappa shape index (κ2) is 23.0. The molecule has 5 aliphatic rings. The number of carboxylic acid groups (broad SMARTS) is 1. The highest BCUT2D eigenvalue weighted by Gasteiger charge is 2.76. The zero-order chi connectivity index (χ0) is 52.1. The van der Waals surface area contributed by atoms with Crippen LogP contribution in [0, 0.1) is 28.6 Å². The molecule has 1 heterocycles. The summed E-state index contributed by atoms with van der Waals surface area (Å²) in [5.41, 5.74) is 3.21. The van der Waals surface area contributed by atoms with Crippen LogP contribution in [0.15, 0.2) is 84.0 Å². The van der Waals surface area contributed by atoms with Crippen LogP contribution in [-0.4, -0.2) is 104 Å². The van der Waals surface area contributed by atoms with Gasteiger partial charge in [0.15, 0.2) is 17.7 Å². The maximum absolute atomic E-state index is 14.1. The quantitative estimate of drug-likeness (QED) is 0.0680. The van der Waals surface area contributed by atoms with Crippen molar-refractivity contribution in [2.24, 2.45) is 28.6 Å². The lowest BCUT2D eigenvalue weighted by atomic mass is 9.46. The van der Waals surface area contributed by atoms with Crippen molar-refractivity contribution in [3.8, 4) is 0 Å². The summed E-state index contributed by atoms with van der Waals surface area (Å²) in [5, 5.41) is 41.9. The number of aliphatic hydroxyl groups excluding tert-OH is 2. The lowest BCUT2D eigenvalue weighted by Crippen LogP contribution is -2.63. The Balaban J connectivity index is 0.898. The molecular formula is C56H74N4O11S. The van der Waals surface area contributed by atoms with Gasteiger partial charge in [0.2, 0.25) is 23.6 Å². The minimum atomic E-state index is -1.41. The molecule has 13 atom stereocenters. The van der Waals surface area contributed by atoms with Crippen LogP contribution < -0.4 is 21.3 Å². The number of thioether (sulfide) groups is 1. The van der Waals surface area contributed by atoms with Crippen LogP contribution in [0.3, 0.4) is 0 Å². The number of allylic oxidation sites excluding steroid dienone is 6. The topological polar surface area (TPSA) is 230 Å². The van der Waals surface area contributed by atoms with E-state index in [0.717, 1.165) is 48.8 Å². The first-order valence-corrected chi connectivity index (χ1v) is 26.7. The number of carbonyl (C=O) groups is 6. The number of ketones is 1. The van der Waals surface area contributed by atoms with E-state index in [-0.39, 0.29) is 47.8 Å². The van der Waals surface area contributed by atoms with Gasteiger partial charge in [-0.25, -0.2) is 0 Å². The van der Waals surface area contributed by atoms with Crippen molar-refractivity contribution in [3.05, 3.63) is 101 Å². The molecule has 72 heavy (non-hydrogen) atoms. The van der Waals surface area contributed by atoms with Crippen LogP contribution in [0.4, 0.5) is 5.69 Å². The van der Waals surface area contributed by atoms with Gasteiger partial charge in [-0.1, -0.05) is 107 Å². The van der Waals surface area contributed by atoms with Gasteiger partial charge in [0.25, 0.3) is 0 Å². The maximum atomic E-state index is 14.1. The zero-order valence-electron chi connectivity index (χ0n) is 42.7. The van der Waals surface area contributed by atoms with Gasteiger partial charge in [-0.05, 0) is 100.0 Å². The van der Waals surface area contributed by atoms with E-state index in [0.29, 0.717) is 24.9 Å². The normalized spacial score (nSPS) is 30.3. The third kappa shape index (κ3) is 11.3. The molecule has 4 aliphatic carbocycles. The number of rotatable bonds is 21. The third-order valence-corrected chi connectivity index (χ3v) is 17.6. The van der Waals surface area contributed by atoms with Crippen molar-refractivity contribution in [1.82, 2.24) is 16.0 Å². The Bertz CT molecular complexity index is 2460. The predicted octanol–water partition coefficient (Wildman–Crippen LogP) is 6.87. The average molecular weight is 1010 g/mol. The monoisotopic (exact) mass is 1010 g/mol. The summed E-state index contributed by atoms with van der Waals surface area (Å²) in [6.07, 6.45) is 12.4. The molecule has 1 saturated heterocycles. The van der Waals surface area contributed by atoms with E-state index < -0.39 is 88.8 Å². The number of Topliss-reactive ketones (excluding diaryl/α,β-unsaturated/α-hetero) is 1. The lowest BCUT2D eigenvalue weighted by Gasteiger charge is -2.59. The number of amides is 4. The summed E-state index contributed by atoms with van der Waals surface area (Å²) in [7, 11) is 0. The molecule has 0 spiro atoms. The number of hydrogen-bond donors (Lipinski definition) is 7. The minimum absolute atomic E-state index is 0.0105. The Kier molecular flexibility index (Phi) is 17.4. The van der Waals surface area contributed by atoms with E-state index in [1.165, 1.54) is 36.8 Å². The lowest BCUT2D eigenvalue weighted by molar-refractivity contribution is -0.201. The number of aliphatic hydroxyl groups is 2. The number of benzene rings is 2.